The monoisotopic (exact) mass is 329 g/mol. The average Bonchev–Trinajstić information content (AvgIpc) is 2.61. The maximum atomic E-state index is 10.8. The highest BCUT2D eigenvalue weighted by Crippen LogP contribution is 2.46. The predicted octanol–water partition coefficient (Wildman–Crippen LogP) is 2.15. The Morgan fingerprint density at radius 1 is 1.25 bits per heavy atom. The molecule has 0 atom stereocenters. The van der Waals surface area contributed by atoms with Gasteiger partial charge in [-0.1, -0.05) is 37.3 Å². The van der Waals surface area contributed by atoms with Crippen LogP contribution in [0.25, 0.3) is 0 Å². The third kappa shape index (κ3) is 3.46. The molecule has 1 aromatic carbocycles. The number of carbonyl (C=O) groups excluding carboxylic acids is 1. The summed E-state index contributed by atoms with van der Waals surface area (Å²) in [4.78, 5) is 10.8. The number of fused-ring (bicyclic) bond motifs is 3. The first kappa shape index (κ1) is 17.0. The van der Waals surface area contributed by atoms with Crippen molar-refractivity contribution in [2.75, 3.05) is 26.4 Å². The maximum Gasteiger partial charge on any atom is 0.312 e. The minimum Gasteiger partial charge on any atom is -0.345 e. The average molecular weight is 329 g/mol. The summed E-state index contributed by atoms with van der Waals surface area (Å²) in [5.41, 5.74) is 1.64. The number of amides is 1. The lowest BCUT2D eigenvalue weighted by Crippen LogP contribution is -2.58. The minimum absolute atomic E-state index is 0.00766. The first-order chi connectivity index (χ1) is 11.6. The Morgan fingerprint density at radius 3 is 2.58 bits per heavy atom. The van der Waals surface area contributed by atoms with Crippen LogP contribution in [0.3, 0.4) is 0 Å². The molecule has 0 unspecified atom stereocenters. The molecule has 5 heteroatoms. The van der Waals surface area contributed by atoms with Crippen LogP contribution in [-0.4, -0.2) is 32.3 Å². The second kappa shape index (κ2) is 6.94. The zero-order chi connectivity index (χ0) is 17.0. The molecule has 3 aliphatic heterocycles. The molecule has 3 aliphatic rings. The van der Waals surface area contributed by atoms with E-state index >= 15 is 0 Å². The van der Waals surface area contributed by atoms with Gasteiger partial charge in [-0.3, -0.25) is 4.79 Å². The Bertz CT molecular complexity index is 649. The van der Waals surface area contributed by atoms with Crippen molar-refractivity contribution in [1.82, 2.24) is 5.32 Å². The predicted molar refractivity (Wildman–Crippen MR) is 88.9 cm³/mol. The van der Waals surface area contributed by atoms with E-state index in [4.69, 9.17) is 14.2 Å². The molecule has 2 bridgehead atoms. The molecule has 0 spiro atoms. The molecule has 128 valence electrons. The SMILES string of the molecule is CCCC12COC(c3cccc(C#CCNC(C)=O)c3)(OC1)OC2. The highest BCUT2D eigenvalue weighted by molar-refractivity contribution is 5.73. The summed E-state index contributed by atoms with van der Waals surface area (Å²) in [6.45, 7) is 5.91. The van der Waals surface area contributed by atoms with E-state index in [0.717, 1.165) is 24.0 Å². The summed E-state index contributed by atoms with van der Waals surface area (Å²) in [7, 11) is 0. The van der Waals surface area contributed by atoms with E-state index < -0.39 is 5.97 Å². The Morgan fingerprint density at radius 2 is 1.96 bits per heavy atom. The smallest absolute Gasteiger partial charge is 0.312 e. The lowest BCUT2D eigenvalue weighted by molar-refractivity contribution is -0.480. The Labute approximate surface area is 142 Å². The molecular formula is C19H23NO4. The Hall–Kier alpha value is -1.87. The van der Waals surface area contributed by atoms with Crippen LogP contribution in [0.15, 0.2) is 24.3 Å². The number of rotatable bonds is 4. The molecule has 1 N–H and O–H groups in total. The Kier molecular flexibility index (Phi) is 4.91. The Balaban J connectivity index is 1.72. The zero-order valence-electron chi connectivity index (χ0n) is 14.2. The summed E-state index contributed by atoms with van der Waals surface area (Å²) in [6, 6.07) is 7.66. The van der Waals surface area contributed by atoms with Crippen molar-refractivity contribution in [2.24, 2.45) is 5.41 Å². The number of hydrogen-bond acceptors (Lipinski definition) is 4. The van der Waals surface area contributed by atoms with E-state index in [0.29, 0.717) is 26.4 Å². The molecule has 3 fully saturated rings. The molecule has 0 radical (unpaired) electrons. The third-order valence-corrected chi connectivity index (χ3v) is 4.36. The van der Waals surface area contributed by atoms with Crippen LogP contribution >= 0.6 is 0 Å². The maximum absolute atomic E-state index is 10.8. The second-order valence-corrected chi connectivity index (χ2v) is 6.46. The lowest BCUT2D eigenvalue weighted by atomic mass is 9.83. The molecule has 0 aliphatic carbocycles. The van der Waals surface area contributed by atoms with E-state index in [1.165, 1.54) is 6.92 Å². The van der Waals surface area contributed by atoms with Crippen LogP contribution in [0, 0.1) is 17.3 Å². The molecular weight excluding hydrogens is 306 g/mol. The standard InChI is InChI=1S/C19H23NO4/c1-3-9-18-12-22-19(23-13-18,24-14-18)17-8-4-6-16(11-17)7-5-10-20-15(2)21/h4,6,8,11H,3,9-10,12-14H2,1-2H3,(H,20,21). The quantitative estimate of drug-likeness (QED) is 0.860. The van der Waals surface area contributed by atoms with Gasteiger partial charge in [-0.25, -0.2) is 0 Å². The summed E-state index contributed by atoms with van der Waals surface area (Å²) in [6.07, 6.45) is 2.13. The van der Waals surface area contributed by atoms with E-state index in [2.05, 4.69) is 24.1 Å². The molecule has 1 amide bonds. The van der Waals surface area contributed by atoms with Gasteiger partial charge in [-0.15, -0.1) is 0 Å². The van der Waals surface area contributed by atoms with Gasteiger partial charge in [0.15, 0.2) is 0 Å². The first-order valence-electron chi connectivity index (χ1n) is 8.33. The fraction of sp³-hybridized carbons (Fsp3) is 0.526. The van der Waals surface area contributed by atoms with Crippen molar-refractivity contribution >= 4 is 5.91 Å². The van der Waals surface area contributed by atoms with Gasteiger partial charge in [0.2, 0.25) is 5.91 Å². The van der Waals surface area contributed by atoms with Crippen LogP contribution in [0.1, 0.15) is 37.8 Å². The van der Waals surface area contributed by atoms with Gasteiger partial charge in [0.05, 0.1) is 26.4 Å². The van der Waals surface area contributed by atoms with Crippen LogP contribution in [0.5, 0.6) is 0 Å². The van der Waals surface area contributed by atoms with Crippen LogP contribution in [0.4, 0.5) is 0 Å². The molecule has 1 aromatic rings. The summed E-state index contributed by atoms with van der Waals surface area (Å²) in [5, 5.41) is 2.65. The number of hydrogen-bond donors (Lipinski definition) is 1. The third-order valence-electron chi connectivity index (χ3n) is 4.36. The van der Waals surface area contributed by atoms with Gasteiger partial charge in [-0.05, 0) is 18.6 Å². The van der Waals surface area contributed by atoms with Crippen molar-refractivity contribution < 1.29 is 19.0 Å². The number of carbonyl (C=O) groups is 1. The van der Waals surface area contributed by atoms with E-state index in [1.807, 2.05) is 24.3 Å². The van der Waals surface area contributed by atoms with E-state index in [9.17, 15) is 4.79 Å². The van der Waals surface area contributed by atoms with Crippen LogP contribution in [-0.2, 0) is 25.0 Å². The first-order valence-corrected chi connectivity index (χ1v) is 8.33. The molecule has 0 saturated carbocycles. The van der Waals surface area contributed by atoms with E-state index in [-0.39, 0.29) is 11.3 Å². The van der Waals surface area contributed by atoms with Crippen molar-refractivity contribution in [3.8, 4) is 11.8 Å². The molecule has 3 heterocycles. The molecule has 24 heavy (non-hydrogen) atoms. The fourth-order valence-corrected chi connectivity index (χ4v) is 3.09. The summed E-state index contributed by atoms with van der Waals surface area (Å²) < 4.78 is 17.9. The van der Waals surface area contributed by atoms with E-state index in [1.54, 1.807) is 0 Å². The topological polar surface area (TPSA) is 56.8 Å². The molecule has 3 saturated heterocycles. The van der Waals surface area contributed by atoms with Gasteiger partial charge >= 0.3 is 5.97 Å². The van der Waals surface area contributed by atoms with Crippen LogP contribution in [0.2, 0.25) is 0 Å². The largest absolute Gasteiger partial charge is 0.345 e. The second-order valence-electron chi connectivity index (χ2n) is 6.46. The highest BCUT2D eigenvalue weighted by atomic mass is 16.9. The minimum atomic E-state index is -1.11. The van der Waals surface area contributed by atoms with Gasteiger partial charge in [0.25, 0.3) is 0 Å². The molecule has 0 aromatic heterocycles. The number of benzene rings is 1. The molecule has 5 nitrogen and oxygen atoms in total. The van der Waals surface area contributed by atoms with Crippen molar-refractivity contribution in [2.45, 2.75) is 32.7 Å². The number of ether oxygens (including phenoxy) is 3. The lowest BCUT2D eigenvalue weighted by Gasteiger charge is -2.51. The highest BCUT2D eigenvalue weighted by Gasteiger charge is 2.53. The van der Waals surface area contributed by atoms with Gasteiger partial charge in [0, 0.05) is 23.5 Å². The molecule has 4 rings (SSSR count). The van der Waals surface area contributed by atoms with Crippen molar-refractivity contribution in [3.63, 3.8) is 0 Å². The van der Waals surface area contributed by atoms with Gasteiger partial charge < -0.3 is 19.5 Å². The van der Waals surface area contributed by atoms with Crippen molar-refractivity contribution in [1.29, 1.82) is 0 Å². The van der Waals surface area contributed by atoms with Crippen molar-refractivity contribution in [3.05, 3.63) is 35.4 Å². The van der Waals surface area contributed by atoms with Crippen LogP contribution < -0.4 is 5.32 Å². The summed E-state index contributed by atoms with van der Waals surface area (Å²) >= 11 is 0. The number of nitrogens with one attached hydrogen (secondary N) is 1. The van der Waals surface area contributed by atoms with Gasteiger partial charge in [0.1, 0.15) is 0 Å². The van der Waals surface area contributed by atoms with Gasteiger partial charge in [-0.2, -0.15) is 0 Å². The fourth-order valence-electron chi connectivity index (χ4n) is 3.09. The summed E-state index contributed by atoms with van der Waals surface area (Å²) in [5.74, 6) is 4.75. The normalized spacial score (nSPS) is 28.1. The zero-order valence-corrected chi connectivity index (χ0v) is 14.2.